The molecule has 0 aromatic heterocycles. The fourth-order valence-corrected chi connectivity index (χ4v) is 5.73. The maximum absolute atomic E-state index is 11.0. The lowest BCUT2D eigenvalue weighted by atomic mass is 10.1. The van der Waals surface area contributed by atoms with Crippen LogP contribution in [0.3, 0.4) is 0 Å². The van der Waals surface area contributed by atoms with Gasteiger partial charge in [0.05, 0.1) is 12.7 Å². The number of hydrogen-bond acceptors (Lipinski definition) is 2. The second kappa shape index (κ2) is 12.2. The summed E-state index contributed by atoms with van der Waals surface area (Å²) >= 11 is 3.31. The van der Waals surface area contributed by atoms with Crippen molar-refractivity contribution in [2.75, 3.05) is 7.11 Å². The van der Waals surface area contributed by atoms with Gasteiger partial charge in [0.2, 0.25) is 0 Å². The third-order valence-electron chi connectivity index (χ3n) is 4.55. The Kier molecular flexibility index (Phi) is 9.02. The zero-order valence-corrected chi connectivity index (χ0v) is 19.8. The molecule has 4 heteroatoms. The molecular formula is C27H24BrO2P. The summed E-state index contributed by atoms with van der Waals surface area (Å²) < 4.78 is 4.58. The van der Waals surface area contributed by atoms with E-state index in [9.17, 15) is 4.79 Å². The maximum atomic E-state index is 11.0. The Balaban J connectivity index is 0.000000196. The van der Waals surface area contributed by atoms with Gasteiger partial charge in [0.1, 0.15) is 0 Å². The number of alkyl halides is 1. The molecule has 0 radical (unpaired) electrons. The van der Waals surface area contributed by atoms with Crippen molar-refractivity contribution in [3.05, 3.63) is 126 Å². The zero-order chi connectivity index (χ0) is 21.9. The van der Waals surface area contributed by atoms with Gasteiger partial charge in [0, 0.05) is 5.33 Å². The normalized spacial score (nSPS) is 10.2. The monoisotopic (exact) mass is 490 g/mol. The smallest absolute Gasteiger partial charge is 0.337 e. The third kappa shape index (κ3) is 6.62. The highest BCUT2D eigenvalue weighted by atomic mass is 79.9. The Hall–Kier alpha value is -2.74. The van der Waals surface area contributed by atoms with Crippen LogP contribution in [0.1, 0.15) is 15.9 Å². The van der Waals surface area contributed by atoms with Crippen molar-refractivity contribution in [3.63, 3.8) is 0 Å². The number of rotatable bonds is 5. The Morgan fingerprint density at radius 1 is 0.710 bits per heavy atom. The standard InChI is InChI=1S/C18H15P.C9H9BrO2/c1-4-10-16(11-5-1)19(17-12-6-2-7-13-17)18-14-8-3-9-15-18;1-12-9(11)8-4-2-3-7(5-8)6-10/h1-15H;2-5H,6H2,1H3. The van der Waals surface area contributed by atoms with Gasteiger partial charge in [0.15, 0.2) is 0 Å². The summed E-state index contributed by atoms with van der Waals surface area (Å²) in [5.74, 6) is -0.294. The van der Waals surface area contributed by atoms with Crippen LogP contribution in [0.2, 0.25) is 0 Å². The second-order valence-corrected chi connectivity index (χ2v) is 9.45. The van der Waals surface area contributed by atoms with E-state index in [0.29, 0.717) is 5.56 Å². The number of esters is 1. The molecule has 0 aliphatic rings. The molecule has 0 fully saturated rings. The largest absolute Gasteiger partial charge is 0.465 e. The lowest BCUT2D eigenvalue weighted by Gasteiger charge is -2.18. The van der Waals surface area contributed by atoms with Crippen molar-refractivity contribution >= 4 is 45.7 Å². The second-order valence-electron chi connectivity index (χ2n) is 6.67. The molecule has 0 aliphatic heterocycles. The Bertz CT molecular complexity index is 976. The first-order chi connectivity index (χ1) is 15.2. The molecule has 2 nitrogen and oxygen atoms in total. The van der Waals surface area contributed by atoms with Crippen LogP contribution < -0.4 is 15.9 Å². The van der Waals surface area contributed by atoms with Crippen molar-refractivity contribution in [1.29, 1.82) is 0 Å². The molecule has 0 amide bonds. The van der Waals surface area contributed by atoms with Crippen LogP contribution in [-0.4, -0.2) is 13.1 Å². The van der Waals surface area contributed by atoms with E-state index in [1.807, 2.05) is 12.1 Å². The van der Waals surface area contributed by atoms with Crippen LogP contribution >= 0.6 is 23.9 Å². The van der Waals surface area contributed by atoms with Crippen molar-refractivity contribution in [2.24, 2.45) is 0 Å². The minimum absolute atomic E-state index is 0.294. The van der Waals surface area contributed by atoms with E-state index >= 15 is 0 Å². The summed E-state index contributed by atoms with van der Waals surface area (Å²) in [6.45, 7) is 0. The summed E-state index contributed by atoms with van der Waals surface area (Å²) in [5, 5.41) is 4.94. The van der Waals surface area contributed by atoms with E-state index in [2.05, 4.69) is 112 Å². The first-order valence-electron chi connectivity index (χ1n) is 9.91. The average Bonchev–Trinajstić information content (AvgIpc) is 2.86. The van der Waals surface area contributed by atoms with E-state index in [1.54, 1.807) is 12.1 Å². The van der Waals surface area contributed by atoms with Gasteiger partial charge in [-0.3, -0.25) is 0 Å². The van der Waals surface area contributed by atoms with E-state index in [4.69, 9.17) is 0 Å². The molecule has 4 rings (SSSR count). The highest BCUT2D eigenvalue weighted by Gasteiger charge is 2.15. The van der Waals surface area contributed by atoms with E-state index in [-0.39, 0.29) is 5.97 Å². The molecule has 0 aliphatic carbocycles. The molecule has 0 saturated carbocycles. The topological polar surface area (TPSA) is 26.3 Å². The van der Waals surface area contributed by atoms with Crippen LogP contribution in [0.4, 0.5) is 0 Å². The summed E-state index contributed by atoms with van der Waals surface area (Å²) in [6, 6.07) is 39.6. The summed E-state index contributed by atoms with van der Waals surface area (Å²) in [5.41, 5.74) is 1.66. The number of carbonyl (C=O) groups is 1. The molecule has 0 heterocycles. The highest BCUT2D eigenvalue weighted by molar-refractivity contribution is 9.08. The van der Waals surface area contributed by atoms with Gasteiger partial charge in [-0.25, -0.2) is 4.79 Å². The van der Waals surface area contributed by atoms with E-state index < -0.39 is 7.92 Å². The SMILES string of the molecule is COC(=O)c1cccc(CBr)c1.c1ccc(P(c2ccccc2)c2ccccc2)cc1. The Labute approximate surface area is 193 Å². The zero-order valence-electron chi connectivity index (χ0n) is 17.3. The van der Waals surface area contributed by atoms with Crippen molar-refractivity contribution in [3.8, 4) is 0 Å². The summed E-state index contributed by atoms with van der Waals surface area (Å²) in [4.78, 5) is 11.0. The molecule has 31 heavy (non-hydrogen) atoms. The number of hydrogen-bond donors (Lipinski definition) is 0. The minimum atomic E-state index is -0.446. The van der Waals surface area contributed by atoms with Crippen molar-refractivity contribution in [1.82, 2.24) is 0 Å². The van der Waals surface area contributed by atoms with Gasteiger partial charge in [-0.05, 0) is 41.5 Å². The van der Waals surface area contributed by atoms with Gasteiger partial charge in [-0.2, -0.15) is 0 Å². The van der Waals surface area contributed by atoms with Gasteiger partial charge in [-0.1, -0.05) is 119 Å². The van der Waals surface area contributed by atoms with Crippen LogP contribution in [-0.2, 0) is 10.1 Å². The predicted octanol–water partition coefficient (Wildman–Crippen LogP) is 5.81. The van der Waals surface area contributed by atoms with Crippen molar-refractivity contribution in [2.45, 2.75) is 5.33 Å². The lowest BCUT2D eigenvalue weighted by molar-refractivity contribution is 0.0600. The third-order valence-corrected chi connectivity index (χ3v) is 7.64. The number of halogens is 1. The molecule has 0 atom stereocenters. The Morgan fingerprint density at radius 2 is 1.16 bits per heavy atom. The van der Waals surface area contributed by atoms with Gasteiger partial charge >= 0.3 is 5.97 Å². The van der Waals surface area contributed by atoms with Crippen LogP contribution in [0.25, 0.3) is 0 Å². The lowest BCUT2D eigenvalue weighted by Crippen LogP contribution is -2.20. The predicted molar refractivity (Wildman–Crippen MR) is 136 cm³/mol. The number of methoxy groups -OCH3 is 1. The summed E-state index contributed by atoms with van der Waals surface area (Å²) in [7, 11) is 0.932. The molecule has 0 spiro atoms. The highest BCUT2D eigenvalue weighted by Crippen LogP contribution is 2.32. The fraction of sp³-hybridized carbons (Fsp3) is 0.0741. The van der Waals surface area contributed by atoms with Crippen LogP contribution in [0, 0.1) is 0 Å². The van der Waals surface area contributed by atoms with Gasteiger partial charge in [0.25, 0.3) is 0 Å². The molecule has 0 unspecified atom stereocenters. The van der Waals surface area contributed by atoms with E-state index in [0.717, 1.165) is 10.9 Å². The number of ether oxygens (including phenoxy) is 1. The summed E-state index contributed by atoms with van der Waals surface area (Å²) in [6.07, 6.45) is 0. The molecular weight excluding hydrogens is 467 g/mol. The van der Waals surface area contributed by atoms with Crippen LogP contribution in [0.15, 0.2) is 115 Å². The minimum Gasteiger partial charge on any atom is -0.465 e. The van der Waals surface area contributed by atoms with E-state index in [1.165, 1.54) is 23.0 Å². The van der Waals surface area contributed by atoms with Crippen LogP contribution in [0.5, 0.6) is 0 Å². The van der Waals surface area contributed by atoms with Gasteiger partial charge < -0.3 is 4.74 Å². The molecule has 0 bridgehead atoms. The molecule has 4 aromatic rings. The number of carbonyl (C=O) groups excluding carboxylic acids is 1. The average molecular weight is 491 g/mol. The molecule has 4 aromatic carbocycles. The number of benzene rings is 4. The van der Waals surface area contributed by atoms with Crippen molar-refractivity contribution < 1.29 is 9.53 Å². The first-order valence-corrected chi connectivity index (χ1v) is 12.4. The quantitative estimate of drug-likeness (QED) is 0.200. The first kappa shape index (κ1) is 22.9. The maximum Gasteiger partial charge on any atom is 0.337 e. The molecule has 0 saturated heterocycles. The van der Waals surface area contributed by atoms with Gasteiger partial charge in [-0.15, -0.1) is 0 Å². The molecule has 0 N–H and O–H groups in total. The fourth-order valence-electron chi connectivity index (χ4n) is 3.08. The molecule has 156 valence electrons. The Morgan fingerprint density at radius 3 is 1.55 bits per heavy atom.